The molecule has 102 valence electrons. The van der Waals surface area contributed by atoms with E-state index in [0.717, 1.165) is 15.6 Å². The van der Waals surface area contributed by atoms with E-state index in [-0.39, 0.29) is 11.9 Å². The van der Waals surface area contributed by atoms with Crippen molar-refractivity contribution in [2.45, 2.75) is 13.0 Å². The minimum atomic E-state index is -0.0933. The van der Waals surface area contributed by atoms with E-state index in [1.54, 1.807) is 6.08 Å². The van der Waals surface area contributed by atoms with E-state index in [2.05, 4.69) is 21.2 Å². The average Bonchev–Trinajstić information content (AvgIpc) is 2.47. The second-order valence-corrected chi connectivity index (χ2v) is 5.44. The lowest BCUT2D eigenvalue weighted by Crippen LogP contribution is -2.24. The van der Waals surface area contributed by atoms with Gasteiger partial charge in [-0.1, -0.05) is 58.4 Å². The fourth-order valence-electron chi connectivity index (χ4n) is 1.83. The largest absolute Gasteiger partial charge is 0.346 e. The second-order valence-electron chi connectivity index (χ2n) is 4.53. The highest BCUT2D eigenvalue weighted by molar-refractivity contribution is 9.10. The molecule has 1 N–H and O–H groups in total. The lowest BCUT2D eigenvalue weighted by molar-refractivity contribution is -0.117. The summed E-state index contributed by atoms with van der Waals surface area (Å²) in [6.45, 7) is 1.97. The van der Waals surface area contributed by atoms with Gasteiger partial charge in [-0.05, 0) is 36.3 Å². The first-order chi connectivity index (χ1) is 9.65. The third kappa shape index (κ3) is 4.35. The minimum absolute atomic E-state index is 0.0176. The second kappa shape index (κ2) is 7.06. The van der Waals surface area contributed by atoms with E-state index < -0.39 is 0 Å². The first-order valence-electron chi connectivity index (χ1n) is 6.44. The zero-order valence-corrected chi connectivity index (χ0v) is 12.8. The summed E-state index contributed by atoms with van der Waals surface area (Å²) in [7, 11) is 0. The molecule has 0 aliphatic rings. The Morgan fingerprint density at radius 2 is 1.75 bits per heavy atom. The summed E-state index contributed by atoms with van der Waals surface area (Å²) in [6.07, 6.45) is 3.37. The van der Waals surface area contributed by atoms with E-state index in [1.165, 1.54) is 0 Å². The molecule has 2 rings (SSSR count). The van der Waals surface area contributed by atoms with Gasteiger partial charge in [0.25, 0.3) is 0 Å². The van der Waals surface area contributed by atoms with Gasteiger partial charge in [0, 0.05) is 10.5 Å². The number of carbonyl (C=O) groups is 1. The maximum Gasteiger partial charge on any atom is 0.244 e. The minimum Gasteiger partial charge on any atom is -0.346 e. The Morgan fingerprint density at radius 3 is 2.40 bits per heavy atom. The van der Waals surface area contributed by atoms with Crippen LogP contribution in [0.3, 0.4) is 0 Å². The number of benzene rings is 2. The number of nitrogens with one attached hydrogen (secondary N) is 1. The summed E-state index contributed by atoms with van der Waals surface area (Å²) in [4.78, 5) is 11.9. The van der Waals surface area contributed by atoms with Crippen LogP contribution in [0.2, 0.25) is 0 Å². The van der Waals surface area contributed by atoms with Gasteiger partial charge in [0.15, 0.2) is 0 Å². The molecule has 0 aliphatic carbocycles. The topological polar surface area (TPSA) is 29.1 Å². The molecule has 0 radical (unpaired) electrons. The van der Waals surface area contributed by atoms with Gasteiger partial charge >= 0.3 is 0 Å². The maximum atomic E-state index is 11.9. The molecule has 2 nitrogen and oxygen atoms in total. The normalized spacial score (nSPS) is 12.3. The van der Waals surface area contributed by atoms with Crippen LogP contribution in [0.1, 0.15) is 24.1 Å². The van der Waals surface area contributed by atoms with Crippen LogP contribution < -0.4 is 5.32 Å². The van der Waals surface area contributed by atoms with Crippen LogP contribution in [0.15, 0.2) is 65.1 Å². The summed E-state index contributed by atoms with van der Waals surface area (Å²) in [5.74, 6) is -0.0933. The number of carbonyl (C=O) groups excluding carboxylic acids is 1. The summed E-state index contributed by atoms with van der Waals surface area (Å²) in [5.41, 5.74) is 2.09. The molecule has 2 aromatic carbocycles. The highest BCUT2D eigenvalue weighted by Gasteiger charge is 2.06. The van der Waals surface area contributed by atoms with Crippen molar-refractivity contribution >= 4 is 27.9 Å². The van der Waals surface area contributed by atoms with E-state index >= 15 is 0 Å². The number of hydrogen-bond donors (Lipinski definition) is 1. The first kappa shape index (κ1) is 14.5. The standard InChI is InChI=1S/C17H16BrNO/c1-13(15-8-10-16(18)11-9-15)19-17(20)12-7-14-5-3-2-4-6-14/h2-13H,1H3,(H,19,20). The monoisotopic (exact) mass is 329 g/mol. The fraction of sp³-hybridized carbons (Fsp3) is 0.118. The van der Waals surface area contributed by atoms with Crippen LogP contribution in [0.5, 0.6) is 0 Å². The van der Waals surface area contributed by atoms with Gasteiger partial charge in [-0.3, -0.25) is 4.79 Å². The predicted octanol–water partition coefficient (Wildman–Crippen LogP) is 4.34. The molecular weight excluding hydrogens is 314 g/mol. The molecule has 3 heteroatoms. The summed E-state index contributed by atoms with van der Waals surface area (Å²) >= 11 is 3.40. The van der Waals surface area contributed by atoms with Gasteiger partial charge in [-0.15, -0.1) is 0 Å². The molecule has 1 amide bonds. The first-order valence-corrected chi connectivity index (χ1v) is 7.23. The Morgan fingerprint density at radius 1 is 1.10 bits per heavy atom. The maximum absolute atomic E-state index is 11.9. The zero-order valence-electron chi connectivity index (χ0n) is 11.2. The van der Waals surface area contributed by atoms with Gasteiger partial charge < -0.3 is 5.32 Å². The third-order valence-electron chi connectivity index (χ3n) is 2.96. The van der Waals surface area contributed by atoms with Gasteiger partial charge in [0.05, 0.1) is 6.04 Å². The SMILES string of the molecule is CC(NC(=O)C=Cc1ccccc1)c1ccc(Br)cc1. The molecular formula is C17H16BrNO. The molecule has 0 fully saturated rings. The molecule has 0 aromatic heterocycles. The van der Waals surface area contributed by atoms with E-state index in [9.17, 15) is 4.79 Å². The Balaban J connectivity index is 1.94. The van der Waals surface area contributed by atoms with Crippen molar-refractivity contribution in [1.82, 2.24) is 5.32 Å². The Kier molecular flexibility index (Phi) is 5.13. The number of hydrogen-bond acceptors (Lipinski definition) is 1. The van der Waals surface area contributed by atoms with E-state index in [1.807, 2.05) is 67.6 Å². The summed E-state index contributed by atoms with van der Waals surface area (Å²) in [5, 5.41) is 2.94. The Labute approximate surface area is 127 Å². The lowest BCUT2D eigenvalue weighted by atomic mass is 10.1. The van der Waals surface area contributed by atoms with Crippen molar-refractivity contribution < 1.29 is 4.79 Å². The van der Waals surface area contributed by atoms with E-state index in [0.29, 0.717) is 0 Å². The molecule has 1 unspecified atom stereocenters. The van der Waals surface area contributed by atoms with Crippen LogP contribution in [0.25, 0.3) is 6.08 Å². The molecule has 0 bridgehead atoms. The van der Waals surface area contributed by atoms with Gasteiger partial charge in [0.2, 0.25) is 5.91 Å². The van der Waals surface area contributed by atoms with Crippen molar-refractivity contribution in [3.05, 3.63) is 76.3 Å². The van der Waals surface area contributed by atoms with Crippen molar-refractivity contribution in [3.63, 3.8) is 0 Å². The number of halogens is 1. The molecule has 0 aliphatic heterocycles. The zero-order chi connectivity index (χ0) is 14.4. The quantitative estimate of drug-likeness (QED) is 0.830. The van der Waals surface area contributed by atoms with Gasteiger partial charge in [-0.25, -0.2) is 0 Å². The van der Waals surface area contributed by atoms with Crippen LogP contribution in [0.4, 0.5) is 0 Å². The Bertz CT molecular complexity index is 590. The van der Waals surface area contributed by atoms with Crippen molar-refractivity contribution in [1.29, 1.82) is 0 Å². The lowest BCUT2D eigenvalue weighted by Gasteiger charge is -2.12. The fourth-order valence-corrected chi connectivity index (χ4v) is 2.10. The van der Waals surface area contributed by atoms with Crippen molar-refractivity contribution in [2.24, 2.45) is 0 Å². The average molecular weight is 330 g/mol. The highest BCUT2D eigenvalue weighted by Crippen LogP contribution is 2.16. The van der Waals surface area contributed by atoms with E-state index in [4.69, 9.17) is 0 Å². The smallest absolute Gasteiger partial charge is 0.244 e. The van der Waals surface area contributed by atoms with Crippen molar-refractivity contribution in [2.75, 3.05) is 0 Å². The van der Waals surface area contributed by atoms with Gasteiger partial charge in [-0.2, -0.15) is 0 Å². The van der Waals surface area contributed by atoms with Gasteiger partial charge in [0.1, 0.15) is 0 Å². The summed E-state index contributed by atoms with van der Waals surface area (Å²) < 4.78 is 1.03. The van der Waals surface area contributed by atoms with Crippen LogP contribution in [-0.2, 0) is 4.79 Å². The number of amides is 1. The molecule has 0 saturated heterocycles. The molecule has 0 spiro atoms. The predicted molar refractivity (Wildman–Crippen MR) is 86.2 cm³/mol. The number of rotatable bonds is 4. The molecule has 0 saturated carbocycles. The molecule has 1 atom stereocenters. The highest BCUT2D eigenvalue weighted by atomic mass is 79.9. The van der Waals surface area contributed by atoms with Crippen LogP contribution in [-0.4, -0.2) is 5.91 Å². The third-order valence-corrected chi connectivity index (χ3v) is 3.48. The molecule has 0 heterocycles. The summed E-state index contributed by atoms with van der Waals surface area (Å²) in [6, 6.07) is 17.7. The molecule has 2 aromatic rings. The van der Waals surface area contributed by atoms with Crippen molar-refractivity contribution in [3.8, 4) is 0 Å². The van der Waals surface area contributed by atoms with Crippen LogP contribution >= 0.6 is 15.9 Å². The Hall–Kier alpha value is -1.87. The van der Waals surface area contributed by atoms with Crippen LogP contribution in [0, 0.1) is 0 Å². The molecule has 20 heavy (non-hydrogen) atoms.